The number of para-hydroxylation sites is 1. The fourth-order valence-corrected chi connectivity index (χ4v) is 4.66. The Labute approximate surface area is 160 Å². The predicted molar refractivity (Wildman–Crippen MR) is 95.3 cm³/mol. The molecule has 2 rings (SSSR count). The number of aliphatic imine (C=N–C) groups is 1. The molecule has 0 heterocycles. The molecule has 28 heavy (non-hydrogen) atoms. The second kappa shape index (κ2) is 8.70. The summed E-state index contributed by atoms with van der Waals surface area (Å²) < 4.78 is 62.1. The van der Waals surface area contributed by atoms with Gasteiger partial charge in [-0.15, -0.1) is 0 Å². The lowest BCUT2D eigenvalue weighted by Gasteiger charge is -2.29. The molecule has 11 heteroatoms. The molecule has 0 saturated carbocycles. The Morgan fingerprint density at radius 3 is 2.68 bits per heavy atom. The molecule has 0 radical (unpaired) electrons. The van der Waals surface area contributed by atoms with E-state index < -0.39 is 28.1 Å². The maximum absolute atomic E-state index is 12.5. The summed E-state index contributed by atoms with van der Waals surface area (Å²) in [6.07, 6.45) is -0.338. The number of halogens is 3. The highest BCUT2D eigenvalue weighted by Crippen LogP contribution is 2.26. The van der Waals surface area contributed by atoms with Gasteiger partial charge in [0.15, 0.2) is 4.98 Å². The van der Waals surface area contributed by atoms with Gasteiger partial charge in [-0.25, -0.2) is 0 Å². The van der Waals surface area contributed by atoms with Crippen molar-refractivity contribution in [2.24, 2.45) is 4.99 Å². The third-order valence-electron chi connectivity index (χ3n) is 4.44. The van der Waals surface area contributed by atoms with Crippen molar-refractivity contribution in [3.05, 3.63) is 40.9 Å². The lowest BCUT2D eigenvalue weighted by molar-refractivity contribution is -0.717. The van der Waals surface area contributed by atoms with Crippen LogP contribution in [0.2, 0.25) is 0 Å². The van der Waals surface area contributed by atoms with Crippen molar-refractivity contribution < 1.29 is 31.0 Å². The van der Waals surface area contributed by atoms with E-state index in [1.807, 2.05) is 0 Å². The summed E-state index contributed by atoms with van der Waals surface area (Å²) in [5.74, 6) is -2.16. The minimum Gasteiger partial charge on any atom is -0.856 e. The van der Waals surface area contributed by atoms with E-state index in [1.54, 1.807) is 18.2 Å². The molecule has 0 bridgehead atoms. The Kier molecular flexibility index (Phi) is 6.79. The zero-order valence-electron chi connectivity index (χ0n) is 15.1. The van der Waals surface area contributed by atoms with E-state index in [9.17, 15) is 32.1 Å². The fraction of sp³-hybridized carbons (Fsp3) is 0.471. The Morgan fingerprint density at radius 2 is 2.07 bits per heavy atom. The molecule has 1 aliphatic rings. The Morgan fingerprint density at radius 1 is 1.39 bits per heavy atom. The Balaban J connectivity index is 2.36. The minimum absolute atomic E-state index is 0.0317. The third-order valence-corrected chi connectivity index (χ3v) is 5.75. The van der Waals surface area contributed by atoms with Gasteiger partial charge in [-0.05, 0) is 24.8 Å². The van der Waals surface area contributed by atoms with E-state index in [4.69, 9.17) is 0 Å². The second-order valence-corrected chi connectivity index (χ2v) is 8.43. The van der Waals surface area contributed by atoms with Crippen LogP contribution in [0.4, 0.5) is 24.5 Å². The van der Waals surface area contributed by atoms with Crippen molar-refractivity contribution in [2.45, 2.75) is 37.9 Å². The molecule has 0 aromatic heterocycles. The lowest BCUT2D eigenvalue weighted by atomic mass is 9.91. The maximum Gasteiger partial charge on any atom is 0.445 e. The Bertz CT molecular complexity index is 920. The van der Waals surface area contributed by atoms with Crippen LogP contribution in [0.15, 0.2) is 40.9 Å². The number of benzene rings is 1. The molecule has 0 fully saturated rings. The first kappa shape index (κ1) is 21.8. The standard InChI is InChI=1S/C17H19F3N4O3S/c1-28(26,27)24(15-9-5-3-7-13(15)23-21)14-8-4-2-6-12(14)10-11-22-16(25)17(18,19)20/h3,5-7,9,14H,2,4,8,10-11H2,1H3/p+1/t14-/m0/s1. The van der Waals surface area contributed by atoms with Gasteiger partial charge in [0, 0.05) is 25.1 Å². The molecular weight excluding hydrogens is 397 g/mol. The summed E-state index contributed by atoms with van der Waals surface area (Å²) in [5.41, 5.74) is 0.941. The number of quaternary nitrogens is 1. The van der Waals surface area contributed by atoms with Crippen molar-refractivity contribution >= 4 is 27.3 Å². The molecule has 1 aromatic rings. The zero-order valence-corrected chi connectivity index (χ0v) is 15.9. The molecule has 0 amide bonds. The molecule has 152 valence electrons. The molecular formula is C17H20F3N4O3S+. The fourth-order valence-electron chi connectivity index (χ4n) is 3.30. The van der Waals surface area contributed by atoms with Gasteiger partial charge in [0.1, 0.15) is 6.04 Å². The molecule has 1 N–H and O–H groups in total. The van der Waals surface area contributed by atoms with Crippen molar-refractivity contribution in [2.75, 3.05) is 12.8 Å². The van der Waals surface area contributed by atoms with Gasteiger partial charge in [0.05, 0.1) is 12.2 Å². The normalized spacial score (nSPS) is 19.6. The highest BCUT2D eigenvalue weighted by atomic mass is 32.2. The van der Waals surface area contributed by atoms with Crippen LogP contribution in [0.1, 0.15) is 25.7 Å². The third kappa shape index (κ3) is 5.30. The van der Waals surface area contributed by atoms with E-state index in [-0.39, 0.29) is 28.6 Å². The SMILES string of the molecule is CS(=O)(=O)[NH+](c1ccccc1[N+]#N)[C@H]1CCCC=C1CCN=C([O-])C(F)(F)F. The summed E-state index contributed by atoms with van der Waals surface area (Å²) >= 11 is 0. The summed E-state index contributed by atoms with van der Waals surface area (Å²) in [6.45, 7) is -0.385. The van der Waals surface area contributed by atoms with E-state index >= 15 is 0 Å². The highest BCUT2D eigenvalue weighted by molar-refractivity contribution is 7.84. The number of hydrogen-bond acceptors (Lipinski definition) is 5. The molecule has 0 saturated heterocycles. The average molecular weight is 417 g/mol. The number of allylic oxidation sites excluding steroid dienone is 1. The lowest BCUT2D eigenvalue weighted by Crippen LogP contribution is -3.13. The van der Waals surface area contributed by atoms with Gasteiger partial charge in [0.25, 0.3) is 10.0 Å². The zero-order chi connectivity index (χ0) is 20.9. The van der Waals surface area contributed by atoms with E-state index in [2.05, 4.69) is 9.97 Å². The first-order chi connectivity index (χ1) is 13.1. The van der Waals surface area contributed by atoms with Crippen molar-refractivity contribution in [3.8, 4) is 0 Å². The van der Waals surface area contributed by atoms with Gasteiger partial charge >= 0.3 is 11.9 Å². The van der Waals surface area contributed by atoms with Crippen molar-refractivity contribution in [1.82, 2.24) is 0 Å². The second-order valence-electron chi connectivity index (χ2n) is 6.45. The number of sulfonamides is 1. The van der Waals surface area contributed by atoms with Gasteiger partial charge in [0.2, 0.25) is 11.1 Å². The smallest absolute Gasteiger partial charge is 0.445 e. The summed E-state index contributed by atoms with van der Waals surface area (Å²) in [5, 5.41) is 20.2. The monoisotopic (exact) mass is 417 g/mol. The largest absolute Gasteiger partial charge is 0.856 e. The van der Waals surface area contributed by atoms with Crippen molar-refractivity contribution in [3.63, 3.8) is 0 Å². The van der Waals surface area contributed by atoms with Gasteiger partial charge < -0.3 is 5.11 Å². The van der Waals surface area contributed by atoms with E-state index in [1.165, 1.54) is 12.1 Å². The van der Waals surface area contributed by atoms with Crippen LogP contribution in [0.5, 0.6) is 0 Å². The van der Waals surface area contributed by atoms with Crippen LogP contribution in [0.25, 0.3) is 4.98 Å². The van der Waals surface area contributed by atoms with Crippen LogP contribution < -0.4 is 9.41 Å². The first-order valence-electron chi connectivity index (χ1n) is 8.54. The van der Waals surface area contributed by atoms with Crippen LogP contribution in [-0.2, 0) is 10.0 Å². The molecule has 0 spiro atoms. The maximum atomic E-state index is 12.5. The topological polar surface area (TPSA) is 102 Å². The number of diazo groups is 1. The minimum atomic E-state index is -5.02. The van der Waals surface area contributed by atoms with E-state index in [0.717, 1.165) is 6.26 Å². The van der Waals surface area contributed by atoms with Crippen molar-refractivity contribution in [1.29, 1.82) is 5.39 Å². The van der Waals surface area contributed by atoms with Gasteiger partial charge in [-0.1, -0.05) is 18.2 Å². The van der Waals surface area contributed by atoms with Gasteiger partial charge in [-0.3, -0.25) is 4.99 Å². The summed E-state index contributed by atoms with van der Waals surface area (Å²) in [7, 11) is -3.72. The first-order valence-corrected chi connectivity index (χ1v) is 10.4. The molecule has 1 unspecified atom stereocenters. The molecule has 1 aromatic carbocycles. The quantitative estimate of drug-likeness (QED) is 0.330. The number of rotatable bonds is 6. The molecule has 2 atom stereocenters. The molecule has 1 aliphatic carbocycles. The van der Waals surface area contributed by atoms with Crippen LogP contribution in [-0.4, -0.2) is 39.3 Å². The molecule has 7 nitrogen and oxygen atoms in total. The van der Waals surface area contributed by atoms with Crippen LogP contribution >= 0.6 is 0 Å². The predicted octanol–water partition coefficient (Wildman–Crippen LogP) is 1.84. The Hall–Kier alpha value is -2.45. The number of alkyl halides is 3. The molecule has 0 aliphatic heterocycles. The van der Waals surface area contributed by atoms with E-state index in [0.29, 0.717) is 24.8 Å². The number of hydrogen-bond donors (Lipinski definition) is 1. The highest BCUT2D eigenvalue weighted by Gasteiger charge is 2.40. The average Bonchev–Trinajstić information content (AvgIpc) is 2.61. The number of nitrogens with one attached hydrogen (secondary N) is 1. The number of nitrogens with zero attached hydrogens (tertiary/aromatic N) is 3. The summed E-state index contributed by atoms with van der Waals surface area (Å²) in [6, 6.07) is 5.61. The summed E-state index contributed by atoms with van der Waals surface area (Å²) in [4.78, 5) is 6.17. The van der Waals surface area contributed by atoms with Gasteiger partial charge in [-0.2, -0.15) is 25.9 Å². The van der Waals surface area contributed by atoms with Crippen LogP contribution in [0.3, 0.4) is 0 Å². The van der Waals surface area contributed by atoms with Crippen LogP contribution in [0, 0.1) is 5.39 Å².